The molecule has 0 aliphatic carbocycles. The first-order chi connectivity index (χ1) is 2.41. The lowest BCUT2D eigenvalue weighted by molar-refractivity contribution is 0.404. The predicted molar refractivity (Wildman–Crippen MR) is 30.2 cm³/mol. The van der Waals surface area contributed by atoms with Gasteiger partial charge >= 0.3 is 0 Å². The molecular weight excluding hydrogens is 102 g/mol. The van der Waals surface area contributed by atoms with Crippen molar-refractivity contribution in [3.63, 3.8) is 0 Å². The topological polar surface area (TPSA) is 9.23 Å². The van der Waals surface area contributed by atoms with Gasteiger partial charge in [0.15, 0.2) is 0 Å². The van der Waals surface area contributed by atoms with E-state index < -0.39 is 0 Å². The van der Waals surface area contributed by atoms with Crippen molar-refractivity contribution in [3.8, 4) is 0 Å². The van der Waals surface area contributed by atoms with Gasteiger partial charge < -0.3 is 4.52 Å². The summed E-state index contributed by atoms with van der Waals surface area (Å²) in [6, 6.07) is 0. The molecule has 0 bridgehead atoms. The summed E-state index contributed by atoms with van der Waals surface area (Å²) in [5.74, 6) is 0. The van der Waals surface area contributed by atoms with Crippen molar-refractivity contribution in [1.82, 2.24) is 0 Å². The van der Waals surface area contributed by atoms with E-state index in [0.29, 0.717) is 0 Å². The molecule has 32 valence electrons. The Morgan fingerprint density at radius 3 is 2.20 bits per heavy atom. The molecule has 0 fully saturated rings. The van der Waals surface area contributed by atoms with E-state index in [9.17, 15) is 0 Å². The molecule has 0 aliphatic heterocycles. The maximum atomic E-state index is 4.59. The molecule has 0 saturated heterocycles. The molecule has 0 radical (unpaired) electrons. The highest BCUT2D eigenvalue weighted by atomic mass is 31.0. The zero-order valence-electron chi connectivity index (χ0n) is 2.98. The number of hydrogen-bond acceptors (Lipinski definition) is 1. The second-order valence-electron chi connectivity index (χ2n) is 0.659. The molecule has 0 heterocycles. The molecule has 3 heteroatoms. The molecule has 0 aromatic heterocycles. The van der Waals surface area contributed by atoms with Gasteiger partial charge in [-0.15, -0.1) is 9.24 Å². The van der Waals surface area contributed by atoms with Gasteiger partial charge in [-0.2, -0.15) is 0 Å². The van der Waals surface area contributed by atoms with E-state index in [0.717, 1.165) is 12.8 Å². The first-order valence-corrected chi connectivity index (χ1v) is 2.72. The Bertz CT molecular complexity index is 15.1. The Labute approximate surface area is 37.0 Å². The van der Waals surface area contributed by atoms with Crippen LogP contribution >= 0.6 is 18.7 Å². The van der Waals surface area contributed by atoms with Crippen LogP contribution in [0.3, 0.4) is 0 Å². The van der Waals surface area contributed by atoms with Crippen LogP contribution in [0, 0.1) is 0 Å². The number of rotatable bonds is 2. The summed E-state index contributed by atoms with van der Waals surface area (Å²) in [5, 5.41) is 0. The summed E-state index contributed by atoms with van der Waals surface area (Å²) >= 11 is 0. The Morgan fingerprint density at radius 2 is 2.20 bits per heavy atom. The first kappa shape index (κ1) is 5.82. The van der Waals surface area contributed by atoms with E-state index in [-0.39, 0.29) is 0 Å². The van der Waals surface area contributed by atoms with Crippen LogP contribution in [0.4, 0.5) is 0 Å². The summed E-state index contributed by atoms with van der Waals surface area (Å²) in [6.07, 6.45) is 1.02. The fraction of sp³-hybridized carbons (Fsp3) is 1.00. The Hall–Kier alpha value is 0.820. The van der Waals surface area contributed by atoms with Gasteiger partial charge in [0.1, 0.15) is 0 Å². The minimum atomic E-state index is 0.815. The molecule has 5 heavy (non-hydrogen) atoms. The van der Waals surface area contributed by atoms with Crippen LogP contribution in [-0.4, -0.2) is 12.8 Å². The third-order valence-corrected chi connectivity index (χ3v) is 0.707. The lowest BCUT2D eigenvalue weighted by Gasteiger charge is -1.84. The fourth-order valence-corrected chi connectivity index (χ4v) is 0.612. The highest BCUT2D eigenvalue weighted by Crippen LogP contribution is 1.85. The van der Waals surface area contributed by atoms with Crippen LogP contribution in [0.25, 0.3) is 0 Å². The van der Waals surface area contributed by atoms with Crippen molar-refractivity contribution in [2.24, 2.45) is 0 Å². The molecule has 0 aromatic carbocycles. The second kappa shape index (κ2) is 4.82. The molecular formula is C2H8OP2. The maximum absolute atomic E-state index is 4.59. The normalized spacial score (nSPS) is 8.40. The summed E-state index contributed by atoms with van der Waals surface area (Å²) in [5.41, 5.74) is 0. The van der Waals surface area contributed by atoms with Gasteiger partial charge in [0.2, 0.25) is 0 Å². The molecule has 0 spiro atoms. The quantitative estimate of drug-likeness (QED) is 0.474. The van der Waals surface area contributed by atoms with Crippen molar-refractivity contribution < 1.29 is 4.52 Å². The van der Waals surface area contributed by atoms with E-state index in [1.165, 1.54) is 0 Å². The van der Waals surface area contributed by atoms with Crippen molar-refractivity contribution in [2.75, 3.05) is 12.8 Å². The van der Waals surface area contributed by atoms with Crippen LogP contribution in [0.2, 0.25) is 0 Å². The molecule has 0 saturated carbocycles. The van der Waals surface area contributed by atoms with Crippen LogP contribution < -0.4 is 0 Å². The van der Waals surface area contributed by atoms with Crippen LogP contribution in [0.5, 0.6) is 0 Å². The average Bonchev–Trinajstić information content (AvgIpc) is 1.41. The minimum absolute atomic E-state index is 0.815. The van der Waals surface area contributed by atoms with E-state index >= 15 is 0 Å². The molecule has 0 aliphatic rings. The predicted octanol–water partition coefficient (Wildman–Crippen LogP) is 0.668. The largest absolute Gasteiger partial charge is 0.365 e. The monoisotopic (exact) mass is 110 g/mol. The van der Waals surface area contributed by atoms with E-state index in [2.05, 4.69) is 23.2 Å². The average molecular weight is 110 g/mol. The molecule has 2 unspecified atom stereocenters. The molecule has 2 atom stereocenters. The van der Waals surface area contributed by atoms with Crippen LogP contribution in [0.15, 0.2) is 0 Å². The van der Waals surface area contributed by atoms with Crippen molar-refractivity contribution in [1.29, 1.82) is 0 Å². The van der Waals surface area contributed by atoms with Crippen LogP contribution in [-0.2, 0) is 4.52 Å². The van der Waals surface area contributed by atoms with Gasteiger partial charge in [0, 0.05) is 9.47 Å². The summed E-state index contributed by atoms with van der Waals surface area (Å²) in [6.45, 7) is 0.815. The fourth-order valence-electron chi connectivity index (χ4n) is 0.0680. The smallest absolute Gasteiger partial charge is 0.0536 e. The van der Waals surface area contributed by atoms with Crippen molar-refractivity contribution in [2.45, 2.75) is 0 Å². The third-order valence-electron chi connectivity index (χ3n) is 0.236. The zero-order valence-corrected chi connectivity index (χ0v) is 5.29. The van der Waals surface area contributed by atoms with E-state index in [1.807, 2.05) is 0 Å². The highest BCUT2D eigenvalue weighted by Gasteiger charge is 1.66. The summed E-state index contributed by atoms with van der Waals surface area (Å²) < 4.78 is 4.59. The lowest BCUT2D eigenvalue weighted by Crippen LogP contribution is -1.78. The van der Waals surface area contributed by atoms with E-state index in [4.69, 9.17) is 0 Å². The minimum Gasteiger partial charge on any atom is -0.365 e. The van der Waals surface area contributed by atoms with Crippen molar-refractivity contribution >= 4 is 18.7 Å². The summed E-state index contributed by atoms with van der Waals surface area (Å²) in [7, 11) is 4.75. The van der Waals surface area contributed by atoms with Crippen LogP contribution in [0.1, 0.15) is 0 Å². The highest BCUT2D eigenvalue weighted by molar-refractivity contribution is 7.16. The Balaban J connectivity index is 2.19. The summed E-state index contributed by atoms with van der Waals surface area (Å²) in [4.78, 5) is 0. The molecule has 0 N–H and O–H groups in total. The van der Waals surface area contributed by atoms with Gasteiger partial charge in [-0.1, -0.05) is 0 Å². The standard InChI is InChI=1S/C2H8OP2/c4-2-1-3-5/h1-2,4-5H2. The van der Waals surface area contributed by atoms with E-state index in [1.54, 1.807) is 0 Å². The molecule has 1 nitrogen and oxygen atoms in total. The van der Waals surface area contributed by atoms with Gasteiger partial charge in [-0.05, 0) is 6.16 Å². The van der Waals surface area contributed by atoms with Crippen molar-refractivity contribution in [3.05, 3.63) is 0 Å². The Kier molecular flexibility index (Phi) is 5.61. The Morgan fingerprint density at radius 1 is 1.60 bits per heavy atom. The third kappa shape index (κ3) is 4.82. The molecule has 0 rings (SSSR count). The van der Waals surface area contributed by atoms with Gasteiger partial charge in [-0.3, -0.25) is 0 Å². The molecule has 0 amide bonds. The van der Waals surface area contributed by atoms with Gasteiger partial charge in [0.25, 0.3) is 0 Å². The SMILES string of the molecule is PCCOP. The maximum Gasteiger partial charge on any atom is 0.0536 e. The van der Waals surface area contributed by atoms with Gasteiger partial charge in [-0.25, -0.2) is 0 Å². The number of hydrogen-bond donors (Lipinski definition) is 0. The lowest BCUT2D eigenvalue weighted by atomic mass is 10.9. The zero-order chi connectivity index (χ0) is 4.12. The second-order valence-corrected chi connectivity index (χ2v) is 1.57. The first-order valence-electron chi connectivity index (χ1n) is 1.43. The van der Waals surface area contributed by atoms with Gasteiger partial charge in [0.05, 0.1) is 6.61 Å². The molecule has 0 aromatic rings.